The minimum absolute atomic E-state index is 0.189. The number of nitrogens with zero attached hydrogens (tertiary/aromatic N) is 4. The average Bonchev–Trinajstić information content (AvgIpc) is 3.23. The first-order valence-corrected chi connectivity index (χ1v) is 8.87. The summed E-state index contributed by atoms with van der Waals surface area (Å²) in [5.41, 5.74) is 0.955. The molecule has 26 heavy (non-hydrogen) atoms. The van der Waals surface area contributed by atoms with Gasteiger partial charge in [0.15, 0.2) is 5.82 Å². The van der Waals surface area contributed by atoms with Crippen LogP contribution in [0.1, 0.15) is 12.7 Å². The molecular formula is C18H15FN4O2S. The van der Waals surface area contributed by atoms with Crippen molar-refractivity contribution in [2.45, 2.75) is 13.5 Å². The summed E-state index contributed by atoms with van der Waals surface area (Å²) in [6, 6.07) is 13.6. The molecular weight excluding hydrogens is 355 g/mol. The van der Waals surface area contributed by atoms with Crippen LogP contribution in [0.25, 0.3) is 15.5 Å². The highest BCUT2D eigenvalue weighted by atomic mass is 32.1. The van der Waals surface area contributed by atoms with Gasteiger partial charge in [-0.2, -0.15) is 9.61 Å². The second kappa shape index (κ2) is 7.09. The maximum absolute atomic E-state index is 12.9. The lowest BCUT2D eigenvalue weighted by atomic mass is 10.2. The Balaban J connectivity index is 1.56. The van der Waals surface area contributed by atoms with Crippen molar-refractivity contribution in [2.75, 3.05) is 6.61 Å². The molecule has 0 fully saturated rings. The molecule has 0 aliphatic carbocycles. The minimum atomic E-state index is -0.305. The van der Waals surface area contributed by atoms with E-state index in [1.165, 1.54) is 23.5 Å². The lowest BCUT2D eigenvalue weighted by molar-refractivity contribution is 0.292. The molecule has 0 aliphatic heterocycles. The molecule has 2 heterocycles. The summed E-state index contributed by atoms with van der Waals surface area (Å²) in [6.07, 6.45) is 0. The fourth-order valence-corrected chi connectivity index (χ4v) is 3.28. The Hall–Kier alpha value is -3.00. The fourth-order valence-electron chi connectivity index (χ4n) is 2.43. The fraction of sp³-hybridized carbons (Fsp3) is 0.167. The smallest absolute Gasteiger partial charge is 0.235 e. The lowest BCUT2D eigenvalue weighted by Gasteiger charge is -2.04. The average molecular weight is 370 g/mol. The summed E-state index contributed by atoms with van der Waals surface area (Å²) in [6.45, 7) is 2.75. The van der Waals surface area contributed by atoms with Crippen LogP contribution in [0.15, 0.2) is 48.5 Å². The molecule has 0 bridgehead atoms. The monoisotopic (exact) mass is 370 g/mol. The van der Waals surface area contributed by atoms with Crippen molar-refractivity contribution in [2.24, 2.45) is 0 Å². The third-order valence-corrected chi connectivity index (χ3v) is 4.58. The van der Waals surface area contributed by atoms with Crippen LogP contribution in [0.5, 0.6) is 11.5 Å². The van der Waals surface area contributed by atoms with Crippen LogP contribution < -0.4 is 9.47 Å². The zero-order valence-electron chi connectivity index (χ0n) is 13.9. The first kappa shape index (κ1) is 16.5. The van der Waals surface area contributed by atoms with Gasteiger partial charge in [0.1, 0.15) is 28.9 Å². The van der Waals surface area contributed by atoms with Crippen molar-refractivity contribution in [1.29, 1.82) is 0 Å². The van der Waals surface area contributed by atoms with Gasteiger partial charge in [0.2, 0.25) is 4.96 Å². The van der Waals surface area contributed by atoms with Gasteiger partial charge in [-0.05, 0) is 43.3 Å². The molecule has 4 rings (SSSR count). The number of halogens is 1. The Morgan fingerprint density at radius 3 is 2.69 bits per heavy atom. The molecule has 2 aromatic carbocycles. The number of hydrogen-bond acceptors (Lipinski definition) is 6. The first-order valence-electron chi connectivity index (χ1n) is 8.05. The number of hydrogen-bond donors (Lipinski definition) is 0. The highest BCUT2D eigenvalue weighted by Crippen LogP contribution is 2.28. The maximum atomic E-state index is 12.9. The number of rotatable bonds is 6. The normalized spacial score (nSPS) is 11.0. The molecule has 6 nitrogen and oxygen atoms in total. The quantitative estimate of drug-likeness (QED) is 0.514. The predicted molar refractivity (Wildman–Crippen MR) is 96.0 cm³/mol. The summed E-state index contributed by atoms with van der Waals surface area (Å²) >= 11 is 1.44. The molecule has 0 saturated carbocycles. The Morgan fingerprint density at radius 1 is 1.04 bits per heavy atom. The van der Waals surface area contributed by atoms with Gasteiger partial charge in [-0.15, -0.1) is 10.2 Å². The van der Waals surface area contributed by atoms with E-state index in [1.807, 2.05) is 31.2 Å². The van der Waals surface area contributed by atoms with Crippen molar-refractivity contribution in [3.05, 3.63) is 60.2 Å². The molecule has 132 valence electrons. The number of aromatic nitrogens is 4. The van der Waals surface area contributed by atoms with Crippen molar-refractivity contribution in [3.8, 4) is 22.1 Å². The Labute approximate surface area is 152 Å². The van der Waals surface area contributed by atoms with Gasteiger partial charge in [-0.25, -0.2) is 4.39 Å². The number of ether oxygens (including phenoxy) is 2. The highest BCUT2D eigenvalue weighted by Gasteiger charge is 2.14. The molecule has 0 atom stereocenters. The topological polar surface area (TPSA) is 61.5 Å². The van der Waals surface area contributed by atoms with Crippen molar-refractivity contribution >= 4 is 16.3 Å². The van der Waals surface area contributed by atoms with Crippen LogP contribution in [-0.4, -0.2) is 26.4 Å². The van der Waals surface area contributed by atoms with E-state index < -0.39 is 0 Å². The molecule has 0 radical (unpaired) electrons. The lowest BCUT2D eigenvalue weighted by Crippen LogP contribution is -2.02. The zero-order chi connectivity index (χ0) is 17.9. The van der Waals surface area contributed by atoms with Crippen LogP contribution in [0.2, 0.25) is 0 Å². The molecule has 4 aromatic rings. The third kappa shape index (κ3) is 3.36. The summed E-state index contributed by atoms with van der Waals surface area (Å²) in [4.78, 5) is 0.680. The van der Waals surface area contributed by atoms with Gasteiger partial charge in [0, 0.05) is 5.56 Å². The van der Waals surface area contributed by atoms with E-state index in [1.54, 1.807) is 16.6 Å². The van der Waals surface area contributed by atoms with E-state index in [2.05, 4.69) is 15.3 Å². The maximum Gasteiger partial charge on any atom is 0.235 e. The largest absolute Gasteiger partial charge is 0.494 e. The van der Waals surface area contributed by atoms with Crippen LogP contribution in [0, 0.1) is 5.82 Å². The summed E-state index contributed by atoms with van der Waals surface area (Å²) in [5, 5.41) is 13.7. The standard InChI is InChI=1S/C18H15FN4O2S/c1-2-24-15-5-3-4-12(10-15)17-22-23-16(20-21-18(23)26-17)11-25-14-8-6-13(19)7-9-14/h3-10H,2,11H2,1H3. The molecule has 8 heteroatoms. The van der Waals surface area contributed by atoms with Gasteiger partial charge in [0.25, 0.3) is 0 Å². The Kier molecular flexibility index (Phi) is 4.49. The van der Waals surface area contributed by atoms with Gasteiger partial charge in [0.05, 0.1) is 6.61 Å². The molecule has 0 saturated heterocycles. The van der Waals surface area contributed by atoms with E-state index in [0.717, 1.165) is 16.3 Å². The summed E-state index contributed by atoms with van der Waals surface area (Å²) in [5.74, 6) is 1.63. The molecule has 0 amide bonds. The van der Waals surface area contributed by atoms with Gasteiger partial charge >= 0.3 is 0 Å². The molecule has 0 unspecified atom stereocenters. The van der Waals surface area contributed by atoms with E-state index >= 15 is 0 Å². The summed E-state index contributed by atoms with van der Waals surface area (Å²) < 4.78 is 25.8. The van der Waals surface area contributed by atoms with Gasteiger partial charge in [-0.3, -0.25) is 0 Å². The highest BCUT2D eigenvalue weighted by molar-refractivity contribution is 7.19. The van der Waals surface area contributed by atoms with Crippen LogP contribution in [0.4, 0.5) is 4.39 Å². The molecule has 0 N–H and O–H groups in total. The van der Waals surface area contributed by atoms with Crippen molar-refractivity contribution in [1.82, 2.24) is 19.8 Å². The first-order chi connectivity index (χ1) is 12.7. The van der Waals surface area contributed by atoms with E-state index in [-0.39, 0.29) is 12.4 Å². The van der Waals surface area contributed by atoms with Gasteiger partial charge < -0.3 is 9.47 Å². The summed E-state index contributed by atoms with van der Waals surface area (Å²) in [7, 11) is 0. The van der Waals surface area contributed by atoms with Crippen LogP contribution >= 0.6 is 11.3 Å². The zero-order valence-corrected chi connectivity index (χ0v) is 14.7. The predicted octanol–water partition coefficient (Wildman–Crippen LogP) is 3.97. The molecule has 0 aliphatic rings. The van der Waals surface area contributed by atoms with E-state index in [9.17, 15) is 4.39 Å². The van der Waals surface area contributed by atoms with Crippen molar-refractivity contribution in [3.63, 3.8) is 0 Å². The second-order valence-electron chi connectivity index (χ2n) is 5.42. The Morgan fingerprint density at radius 2 is 1.88 bits per heavy atom. The second-order valence-corrected chi connectivity index (χ2v) is 6.38. The number of fused-ring (bicyclic) bond motifs is 1. The SMILES string of the molecule is CCOc1cccc(-c2nn3c(COc4ccc(F)cc4)nnc3s2)c1. The van der Waals surface area contributed by atoms with Crippen molar-refractivity contribution < 1.29 is 13.9 Å². The third-order valence-electron chi connectivity index (χ3n) is 3.63. The Bertz CT molecular complexity index is 1030. The van der Waals surface area contributed by atoms with E-state index in [0.29, 0.717) is 23.1 Å². The van der Waals surface area contributed by atoms with Crippen LogP contribution in [-0.2, 0) is 6.61 Å². The molecule has 2 aromatic heterocycles. The number of benzene rings is 2. The van der Waals surface area contributed by atoms with Gasteiger partial charge in [-0.1, -0.05) is 23.5 Å². The minimum Gasteiger partial charge on any atom is -0.494 e. The molecule has 0 spiro atoms. The van der Waals surface area contributed by atoms with Crippen LogP contribution in [0.3, 0.4) is 0 Å². The van der Waals surface area contributed by atoms with E-state index in [4.69, 9.17) is 9.47 Å².